The van der Waals surface area contributed by atoms with Crippen molar-refractivity contribution in [1.29, 1.82) is 0 Å². The van der Waals surface area contributed by atoms with Crippen LogP contribution in [0.2, 0.25) is 0 Å². The average molecular weight is 629 g/mol. The number of carbonyl (C=O) groups excluding carboxylic acids is 1. The first-order valence-electron chi connectivity index (χ1n) is 13.2. The van der Waals surface area contributed by atoms with E-state index in [4.69, 9.17) is 9.84 Å². The van der Waals surface area contributed by atoms with Gasteiger partial charge in [-0.1, -0.05) is 70.5 Å². The minimum atomic E-state index is -0.251. The summed E-state index contributed by atoms with van der Waals surface area (Å²) < 4.78 is 22.3. The number of hydrogen-bond acceptors (Lipinski definition) is 4. The van der Waals surface area contributed by atoms with Crippen molar-refractivity contribution in [2.45, 2.75) is 23.9 Å². The third-order valence-corrected chi connectivity index (χ3v) is 8.75. The molecule has 0 spiro atoms. The average Bonchev–Trinajstić information content (AvgIpc) is 3.59. The Bertz CT molecular complexity index is 1730. The lowest BCUT2D eigenvalue weighted by atomic mass is 9.98. The fraction of sp³-hybridized carbons (Fsp3) is 0.152. The summed E-state index contributed by atoms with van der Waals surface area (Å²) >= 11 is 5.00. The van der Waals surface area contributed by atoms with Gasteiger partial charge in [0.05, 0.1) is 24.6 Å². The van der Waals surface area contributed by atoms with E-state index in [1.54, 1.807) is 24.3 Å². The van der Waals surface area contributed by atoms with Crippen molar-refractivity contribution in [2.24, 2.45) is 5.10 Å². The number of rotatable bonds is 8. The Hall–Kier alpha value is -3.88. The number of thioether (sulfide) groups is 1. The van der Waals surface area contributed by atoms with Crippen molar-refractivity contribution in [1.82, 2.24) is 9.58 Å². The molecule has 1 aliphatic heterocycles. The summed E-state index contributed by atoms with van der Waals surface area (Å²) in [5.41, 5.74) is 4.80. The second-order valence-electron chi connectivity index (χ2n) is 9.84. The number of fused-ring (bicyclic) bond motifs is 1. The number of para-hydroxylation sites is 1. The molecule has 5 nitrogen and oxygen atoms in total. The van der Waals surface area contributed by atoms with Crippen molar-refractivity contribution >= 4 is 50.2 Å². The number of benzene rings is 4. The number of aromatic nitrogens is 1. The summed E-state index contributed by atoms with van der Waals surface area (Å²) in [6.45, 7) is 0.541. The molecule has 4 aromatic carbocycles. The van der Waals surface area contributed by atoms with Crippen molar-refractivity contribution in [3.63, 3.8) is 0 Å². The molecule has 0 saturated heterocycles. The van der Waals surface area contributed by atoms with Gasteiger partial charge >= 0.3 is 0 Å². The van der Waals surface area contributed by atoms with Crippen LogP contribution in [-0.4, -0.2) is 34.1 Å². The third kappa shape index (κ3) is 5.94. The monoisotopic (exact) mass is 627 g/mol. The first kappa shape index (κ1) is 27.3. The molecule has 41 heavy (non-hydrogen) atoms. The molecule has 1 amide bonds. The Labute approximate surface area is 250 Å². The van der Waals surface area contributed by atoms with Gasteiger partial charge < -0.3 is 9.30 Å². The van der Waals surface area contributed by atoms with Crippen molar-refractivity contribution in [3.8, 4) is 5.75 Å². The van der Waals surface area contributed by atoms with Gasteiger partial charge in [-0.2, -0.15) is 5.10 Å². The first-order chi connectivity index (χ1) is 20.0. The minimum Gasteiger partial charge on any atom is -0.497 e. The largest absolute Gasteiger partial charge is 0.497 e. The number of hydrogen-bond donors (Lipinski definition) is 0. The molecule has 6 rings (SSSR count). The summed E-state index contributed by atoms with van der Waals surface area (Å²) in [7, 11) is 1.64. The van der Waals surface area contributed by atoms with Gasteiger partial charge in [0, 0.05) is 39.4 Å². The van der Waals surface area contributed by atoms with E-state index in [1.807, 2.05) is 66.7 Å². The lowest BCUT2D eigenvalue weighted by molar-refractivity contribution is -0.130. The molecule has 1 aromatic heterocycles. The van der Waals surface area contributed by atoms with E-state index >= 15 is 0 Å². The molecule has 0 fully saturated rings. The van der Waals surface area contributed by atoms with Crippen LogP contribution in [0.5, 0.6) is 5.75 Å². The maximum Gasteiger partial charge on any atom is 0.253 e. The van der Waals surface area contributed by atoms with Crippen LogP contribution in [0.1, 0.15) is 29.2 Å². The van der Waals surface area contributed by atoms with Crippen LogP contribution in [0.15, 0.2) is 118 Å². The maximum atomic E-state index is 13.8. The Balaban J connectivity index is 1.26. The second kappa shape index (κ2) is 11.9. The Morgan fingerprint density at radius 2 is 1.80 bits per heavy atom. The molecule has 0 aliphatic carbocycles. The van der Waals surface area contributed by atoms with Gasteiger partial charge in [0.2, 0.25) is 0 Å². The van der Waals surface area contributed by atoms with Crippen LogP contribution >= 0.6 is 27.7 Å². The number of carbonyl (C=O) groups is 1. The van der Waals surface area contributed by atoms with Gasteiger partial charge in [0.25, 0.3) is 5.91 Å². The van der Waals surface area contributed by atoms with E-state index < -0.39 is 0 Å². The molecule has 0 N–H and O–H groups in total. The number of methoxy groups -OCH3 is 1. The van der Waals surface area contributed by atoms with E-state index in [2.05, 4.69) is 38.8 Å². The Kier molecular flexibility index (Phi) is 7.94. The van der Waals surface area contributed by atoms with E-state index in [0.29, 0.717) is 13.0 Å². The summed E-state index contributed by atoms with van der Waals surface area (Å²) in [6, 6.07) is 30.4. The topological polar surface area (TPSA) is 46.8 Å². The molecular weight excluding hydrogens is 601 g/mol. The van der Waals surface area contributed by atoms with E-state index in [-0.39, 0.29) is 23.5 Å². The van der Waals surface area contributed by atoms with Crippen LogP contribution in [0, 0.1) is 5.82 Å². The molecule has 1 unspecified atom stereocenters. The molecule has 0 bridgehead atoms. The van der Waals surface area contributed by atoms with Crippen LogP contribution in [0.3, 0.4) is 0 Å². The van der Waals surface area contributed by atoms with Gasteiger partial charge in [-0.3, -0.25) is 4.79 Å². The van der Waals surface area contributed by atoms with Gasteiger partial charge in [-0.05, 0) is 59.2 Å². The predicted molar refractivity (Wildman–Crippen MR) is 166 cm³/mol. The van der Waals surface area contributed by atoms with E-state index in [0.717, 1.165) is 48.4 Å². The van der Waals surface area contributed by atoms with Gasteiger partial charge in [0.1, 0.15) is 11.6 Å². The quantitative estimate of drug-likeness (QED) is 0.163. The Morgan fingerprint density at radius 3 is 2.56 bits per heavy atom. The first-order valence-corrected chi connectivity index (χ1v) is 15.0. The predicted octanol–water partition coefficient (Wildman–Crippen LogP) is 8.07. The lowest BCUT2D eigenvalue weighted by Gasteiger charge is -2.22. The zero-order chi connectivity index (χ0) is 28.3. The number of ether oxygens (including phenoxy) is 1. The van der Waals surface area contributed by atoms with Crippen LogP contribution < -0.4 is 4.74 Å². The van der Waals surface area contributed by atoms with Crippen LogP contribution in [0.25, 0.3) is 10.9 Å². The zero-order valence-electron chi connectivity index (χ0n) is 22.3. The Morgan fingerprint density at radius 1 is 1.02 bits per heavy atom. The normalized spacial score (nSPS) is 14.9. The molecule has 206 valence electrons. The highest BCUT2D eigenvalue weighted by molar-refractivity contribution is 9.10. The van der Waals surface area contributed by atoms with Crippen molar-refractivity contribution in [3.05, 3.63) is 130 Å². The smallest absolute Gasteiger partial charge is 0.253 e. The molecule has 0 radical (unpaired) electrons. The van der Waals surface area contributed by atoms with Crippen molar-refractivity contribution < 1.29 is 13.9 Å². The number of hydrazone groups is 1. The molecule has 0 saturated carbocycles. The second-order valence-corrected chi connectivity index (χ2v) is 11.8. The number of halogens is 2. The zero-order valence-corrected chi connectivity index (χ0v) is 24.7. The van der Waals surface area contributed by atoms with Crippen molar-refractivity contribution in [2.75, 3.05) is 12.9 Å². The minimum absolute atomic E-state index is 0.0649. The van der Waals surface area contributed by atoms with Crippen LogP contribution in [0.4, 0.5) is 4.39 Å². The van der Waals surface area contributed by atoms with E-state index in [9.17, 15) is 9.18 Å². The molecule has 8 heteroatoms. The summed E-state index contributed by atoms with van der Waals surface area (Å²) in [4.78, 5) is 14.7. The maximum absolute atomic E-state index is 13.8. The number of amides is 1. The van der Waals surface area contributed by atoms with E-state index in [1.165, 1.54) is 17.8 Å². The molecule has 1 aliphatic rings. The highest BCUT2D eigenvalue weighted by atomic mass is 79.9. The third-order valence-electron chi connectivity index (χ3n) is 7.19. The molecule has 5 aromatic rings. The van der Waals surface area contributed by atoms with Crippen LogP contribution in [-0.2, 0) is 11.3 Å². The van der Waals surface area contributed by atoms with Gasteiger partial charge in [-0.25, -0.2) is 9.40 Å². The fourth-order valence-electron chi connectivity index (χ4n) is 5.14. The highest BCUT2D eigenvalue weighted by Gasteiger charge is 2.33. The SMILES string of the molecule is COc1ccc(C2CC(c3ccc(Br)cc3)=NN2C(=O)CSc2cn(Cc3cccc(F)c3)c3ccccc23)cc1. The summed E-state index contributed by atoms with van der Waals surface area (Å²) in [5.74, 6) is 0.686. The molecular formula is C33H27BrFN3O2S. The highest BCUT2D eigenvalue weighted by Crippen LogP contribution is 2.36. The lowest BCUT2D eigenvalue weighted by Crippen LogP contribution is -2.28. The summed E-state index contributed by atoms with van der Waals surface area (Å²) in [5, 5.41) is 7.53. The number of nitrogens with zero attached hydrogens (tertiary/aromatic N) is 3. The standard InChI is InChI=1S/C33H27BrFN3O2S/c1-40-27-15-11-24(12-16-27)31-18-29(23-9-13-25(34)14-10-23)36-38(31)33(39)21-41-32-20-37(30-8-3-2-7-28(30)32)19-22-5-4-6-26(35)17-22/h2-17,20,31H,18-19,21H2,1H3. The van der Waals surface area contributed by atoms with Gasteiger partial charge in [0.15, 0.2) is 0 Å². The fourth-order valence-corrected chi connectivity index (χ4v) is 6.34. The molecule has 1 atom stereocenters. The molecule has 2 heterocycles. The summed E-state index contributed by atoms with van der Waals surface area (Å²) in [6.07, 6.45) is 2.67. The van der Waals surface area contributed by atoms with Gasteiger partial charge in [-0.15, -0.1) is 11.8 Å².